The lowest BCUT2D eigenvalue weighted by molar-refractivity contribution is -0.194. The minimum atomic E-state index is -1.18. The number of carboxylic acids is 1. The average Bonchev–Trinajstić information content (AvgIpc) is 2.96. The molecule has 0 unspecified atom stereocenters. The van der Waals surface area contributed by atoms with Crippen molar-refractivity contribution in [3.63, 3.8) is 0 Å². The Morgan fingerprint density at radius 1 is 1.10 bits per heavy atom. The predicted molar refractivity (Wildman–Crippen MR) is 115 cm³/mol. The third-order valence-electron chi connectivity index (χ3n) is 8.67. The van der Waals surface area contributed by atoms with Gasteiger partial charge in [-0.05, 0) is 74.9 Å². The number of hydrogen-bond donors (Lipinski definition) is 2. The molecule has 0 heterocycles. The van der Waals surface area contributed by atoms with Crippen LogP contribution in [0.5, 0.6) is 0 Å². The summed E-state index contributed by atoms with van der Waals surface area (Å²) in [6, 6.07) is 0. The van der Waals surface area contributed by atoms with Gasteiger partial charge in [-0.3, -0.25) is 14.4 Å². The fourth-order valence-corrected chi connectivity index (χ4v) is 7.02. The second-order valence-electron chi connectivity index (χ2n) is 10.3. The molecule has 2 N–H and O–H groups in total. The van der Waals surface area contributed by atoms with E-state index in [1.54, 1.807) is 19.9 Å². The Balaban J connectivity index is 2.04. The SMILES string of the molecule is C\C(C=O)=C/C=C/C(C)=C1/C(=O)C[C@H]2[C@@]3(C)CC[C@H](O)[C@](C)(C(=O)O)[C@@H]3CC[C@]12C. The Morgan fingerprint density at radius 2 is 1.77 bits per heavy atom. The normalized spacial score (nSPS) is 43.3. The van der Waals surface area contributed by atoms with Gasteiger partial charge in [0.05, 0.1) is 11.5 Å². The molecule has 0 bridgehead atoms. The fourth-order valence-electron chi connectivity index (χ4n) is 7.02. The van der Waals surface area contributed by atoms with E-state index in [1.807, 2.05) is 19.1 Å². The molecular weight excluding hydrogens is 380 g/mol. The van der Waals surface area contributed by atoms with Gasteiger partial charge in [0.25, 0.3) is 0 Å². The predicted octanol–water partition coefficient (Wildman–Crippen LogP) is 4.26. The number of carbonyl (C=O) groups is 3. The molecule has 6 atom stereocenters. The zero-order valence-electron chi connectivity index (χ0n) is 18.7. The van der Waals surface area contributed by atoms with Crippen molar-refractivity contribution in [2.45, 2.75) is 72.8 Å². The summed E-state index contributed by atoms with van der Waals surface area (Å²) in [6.45, 7) is 9.67. The number of carbonyl (C=O) groups excluding carboxylic acids is 2. The van der Waals surface area contributed by atoms with Crippen molar-refractivity contribution in [3.05, 3.63) is 34.9 Å². The Kier molecular flexibility index (Phi) is 5.74. The summed E-state index contributed by atoms with van der Waals surface area (Å²) in [5.74, 6) is -0.893. The lowest BCUT2D eigenvalue weighted by Crippen LogP contribution is -2.61. The molecule has 0 aliphatic heterocycles. The van der Waals surface area contributed by atoms with Crippen molar-refractivity contribution < 1.29 is 24.6 Å². The Hall–Kier alpha value is -2.01. The molecule has 0 aromatic heterocycles. The lowest BCUT2D eigenvalue weighted by atomic mass is 9.43. The highest BCUT2D eigenvalue weighted by atomic mass is 16.4. The van der Waals surface area contributed by atoms with Crippen LogP contribution in [0.15, 0.2) is 34.9 Å². The Bertz CT molecular complexity index is 865. The van der Waals surface area contributed by atoms with Gasteiger partial charge in [-0.2, -0.15) is 0 Å². The number of aliphatic hydroxyl groups excluding tert-OH is 1. The number of carboxylic acid groups (broad SMARTS) is 1. The summed E-state index contributed by atoms with van der Waals surface area (Å²) in [4.78, 5) is 36.2. The molecule has 0 saturated heterocycles. The van der Waals surface area contributed by atoms with E-state index in [0.29, 0.717) is 24.8 Å². The molecule has 5 nitrogen and oxygen atoms in total. The first-order valence-corrected chi connectivity index (χ1v) is 10.9. The van der Waals surface area contributed by atoms with E-state index >= 15 is 0 Å². The van der Waals surface area contributed by atoms with Crippen molar-refractivity contribution in [1.82, 2.24) is 0 Å². The van der Waals surface area contributed by atoms with Crippen LogP contribution >= 0.6 is 0 Å². The van der Waals surface area contributed by atoms with Crippen molar-refractivity contribution >= 4 is 18.0 Å². The maximum absolute atomic E-state index is 13.2. The second kappa shape index (κ2) is 7.60. The maximum Gasteiger partial charge on any atom is 0.312 e. The summed E-state index contributed by atoms with van der Waals surface area (Å²) in [6.07, 6.45) is 8.41. The van der Waals surface area contributed by atoms with Gasteiger partial charge in [0.15, 0.2) is 5.78 Å². The van der Waals surface area contributed by atoms with Crippen molar-refractivity contribution in [1.29, 1.82) is 0 Å². The van der Waals surface area contributed by atoms with Crippen molar-refractivity contribution in [2.24, 2.45) is 28.1 Å². The molecule has 0 amide bonds. The summed E-state index contributed by atoms with van der Waals surface area (Å²) < 4.78 is 0. The standard InChI is InChI=1S/C25H34O5/c1-15(14-26)7-6-8-16(2)21-17(27)13-19-23(3)12-10-20(28)25(5,22(29)30)18(23)9-11-24(19,21)4/h6-8,14,18-20,28H,9-13H2,1-5H3,(H,29,30)/b8-6+,15-7+,21-16-/t18-,19+,20+,23+,24+,25-/m1/s1. The zero-order chi connectivity index (χ0) is 22.5. The van der Waals surface area contributed by atoms with Crippen LogP contribution in [0.25, 0.3) is 0 Å². The van der Waals surface area contributed by atoms with Crippen LogP contribution in [0.3, 0.4) is 0 Å². The van der Waals surface area contributed by atoms with E-state index in [4.69, 9.17) is 0 Å². The Labute approximate surface area is 178 Å². The number of rotatable bonds is 4. The third-order valence-corrected chi connectivity index (χ3v) is 8.67. The monoisotopic (exact) mass is 414 g/mol. The van der Waals surface area contributed by atoms with Gasteiger partial charge in [-0.25, -0.2) is 0 Å². The van der Waals surface area contributed by atoms with Gasteiger partial charge >= 0.3 is 5.97 Å². The number of aliphatic hydroxyl groups is 1. The number of allylic oxidation sites excluding steroid dienone is 6. The topological polar surface area (TPSA) is 91.7 Å². The van der Waals surface area contributed by atoms with Gasteiger partial charge in [-0.1, -0.05) is 32.1 Å². The quantitative estimate of drug-likeness (QED) is 0.407. The summed E-state index contributed by atoms with van der Waals surface area (Å²) >= 11 is 0. The summed E-state index contributed by atoms with van der Waals surface area (Å²) in [5, 5.41) is 20.6. The van der Waals surface area contributed by atoms with Gasteiger partial charge in [-0.15, -0.1) is 0 Å². The summed E-state index contributed by atoms with van der Waals surface area (Å²) in [5.41, 5.74) is 0.585. The molecule has 0 spiro atoms. The van der Waals surface area contributed by atoms with Gasteiger partial charge < -0.3 is 10.2 Å². The molecule has 3 rings (SSSR count). The first-order valence-electron chi connectivity index (χ1n) is 10.9. The van der Waals surface area contributed by atoms with E-state index in [9.17, 15) is 24.6 Å². The number of Topliss-reactive ketones (excluding diaryl/α,β-unsaturated/α-hetero) is 1. The van der Waals surface area contributed by atoms with Crippen molar-refractivity contribution in [3.8, 4) is 0 Å². The molecule has 164 valence electrons. The molecule has 3 aliphatic rings. The molecule has 5 heteroatoms. The molecule has 3 saturated carbocycles. The van der Waals surface area contributed by atoms with Crippen LogP contribution in [0.1, 0.15) is 66.7 Å². The minimum Gasteiger partial charge on any atom is -0.481 e. The number of aldehydes is 1. The van der Waals surface area contributed by atoms with Gasteiger partial charge in [0.1, 0.15) is 6.29 Å². The van der Waals surface area contributed by atoms with E-state index in [0.717, 1.165) is 30.3 Å². The first kappa shape index (κ1) is 22.7. The van der Waals surface area contributed by atoms with Gasteiger partial charge in [0.2, 0.25) is 0 Å². The number of hydrogen-bond acceptors (Lipinski definition) is 4. The smallest absolute Gasteiger partial charge is 0.312 e. The van der Waals surface area contributed by atoms with E-state index in [2.05, 4.69) is 13.8 Å². The highest BCUT2D eigenvalue weighted by molar-refractivity contribution is 6.01. The molecule has 0 aromatic carbocycles. The zero-order valence-corrected chi connectivity index (χ0v) is 18.7. The number of aliphatic carboxylic acids is 1. The average molecular weight is 415 g/mol. The minimum absolute atomic E-state index is 0.0630. The van der Waals surface area contributed by atoms with Crippen LogP contribution in [0, 0.1) is 28.1 Å². The molecule has 0 radical (unpaired) electrons. The largest absolute Gasteiger partial charge is 0.481 e. The number of fused-ring (bicyclic) bond motifs is 3. The number of ketones is 1. The van der Waals surface area contributed by atoms with E-state index in [1.165, 1.54) is 0 Å². The van der Waals surface area contributed by atoms with E-state index < -0.39 is 17.5 Å². The van der Waals surface area contributed by atoms with Crippen LogP contribution < -0.4 is 0 Å². The molecule has 0 aromatic rings. The second-order valence-corrected chi connectivity index (χ2v) is 10.3. The van der Waals surface area contributed by atoms with Crippen LogP contribution in [0.4, 0.5) is 0 Å². The maximum atomic E-state index is 13.2. The van der Waals surface area contributed by atoms with Crippen LogP contribution in [-0.2, 0) is 14.4 Å². The summed E-state index contributed by atoms with van der Waals surface area (Å²) in [7, 11) is 0. The fraction of sp³-hybridized carbons (Fsp3) is 0.640. The van der Waals surface area contributed by atoms with Crippen LogP contribution in [-0.4, -0.2) is 34.4 Å². The first-order chi connectivity index (χ1) is 13.9. The Morgan fingerprint density at radius 3 is 2.37 bits per heavy atom. The van der Waals surface area contributed by atoms with Crippen LogP contribution in [0.2, 0.25) is 0 Å². The third kappa shape index (κ3) is 3.13. The van der Waals surface area contributed by atoms with Crippen molar-refractivity contribution in [2.75, 3.05) is 0 Å². The molecule has 3 aliphatic carbocycles. The lowest BCUT2D eigenvalue weighted by Gasteiger charge is -2.61. The highest BCUT2D eigenvalue weighted by Gasteiger charge is 2.67. The van der Waals surface area contributed by atoms with Gasteiger partial charge in [0, 0.05) is 17.4 Å². The molecule has 30 heavy (non-hydrogen) atoms. The molecule has 3 fully saturated rings. The molecular formula is C25H34O5. The highest BCUT2D eigenvalue weighted by Crippen LogP contribution is 2.69. The van der Waals surface area contributed by atoms with E-state index in [-0.39, 0.29) is 28.4 Å².